The molecule has 0 saturated carbocycles. The highest BCUT2D eigenvalue weighted by Crippen LogP contribution is 2.34. The number of rotatable bonds is 4. The fourth-order valence-electron chi connectivity index (χ4n) is 2.57. The molecule has 0 aliphatic heterocycles. The molecule has 6 heteroatoms. The van der Waals surface area contributed by atoms with Crippen molar-refractivity contribution in [2.24, 2.45) is 0 Å². The van der Waals surface area contributed by atoms with E-state index in [1.165, 1.54) is 18.2 Å². The number of H-pyrrole nitrogens is 1. The van der Waals surface area contributed by atoms with Gasteiger partial charge in [-0.1, -0.05) is 6.07 Å². The Morgan fingerprint density at radius 1 is 0.760 bits per heavy atom. The lowest BCUT2D eigenvalue weighted by Gasteiger charge is -2.11. The highest BCUT2D eigenvalue weighted by Gasteiger charge is 2.10. The van der Waals surface area contributed by atoms with Crippen LogP contribution in [-0.2, 0) is 0 Å². The van der Waals surface area contributed by atoms with Crippen molar-refractivity contribution in [2.75, 3.05) is 14.2 Å². The standard InChI is InChI=1S/C19H17NO5/c1-24-17-6-4-12(9-18(17)25-2)14-7-13(10-19(23)20-14)11-3-5-15(21)16(22)8-11/h3-10,21-22H,1-2H3,(H,20,23). The van der Waals surface area contributed by atoms with Crippen molar-refractivity contribution in [3.05, 3.63) is 58.9 Å². The Labute approximate surface area is 143 Å². The van der Waals surface area contributed by atoms with Crippen LogP contribution in [0.3, 0.4) is 0 Å². The first-order valence-electron chi connectivity index (χ1n) is 7.51. The summed E-state index contributed by atoms with van der Waals surface area (Å²) in [6.07, 6.45) is 0. The summed E-state index contributed by atoms with van der Waals surface area (Å²) in [6.45, 7) is 0. The molecular weight excluding hydrogens is 322 g/mol. The number of aromatic hydroxyl groups is 2. The first-order chi connectivity index (χ1) is 12.0. The van der Waals surface area contributed by atoms with E-state index in [1.807, 2.05) is 6.07 Å². The van der Waals surface area contributed by atoms with Gasteiger partial charge in [-0.25, -0.2) is 0 Å². The highest BCUT2D eigenvalue weighted by molar-refractivity contribution is 5.73. The van der Waals surface area contributed by atoms with Crippen LogP contribution in [-0.4, -0.2) is 29.4 Å². The van der Waals surface area contributed by atoms with Crippen molar-refractivity contribution >= 4 is 0 Å². The number of nitrogens with one attached hydrogen (secondary N) is 1. The Bertz CT molecular complexity index is 978. The number of aromatic nitrogens is 1. The van der Waals surface area contributed by atoms with Gasteiger partial charge in [0.1, 0.15) is 0 Å². The van der Waals surface area contributed by atoms with Crippen LogP contribution in [0.15, 0.2) is 53.3 Å². The molecule has 0 bridgehead atoms. The van der Waals surface area contributed by atoms with Crippen molar-refractivity contribution in [1.82, 2.24) is 4.98 Å². The fraction of sp³-hybridized carbons (Fsp3) is 0.105. The van der Waals surface area contributed by atoms with Crippen LogP contribution in [0, 0.1) is 0 Å². The summed E-state index contributed by atoms with van der Waals surface area (Å²) >= 11 is 0. The molecule has 3 N–H and O–H groups in total. The molecule has 0 aliphatic carbocycles. The van der Waals surface area contributed by atoms with E-state index < -0.39 is 0 Å². The van der Waals surface area contributed by atoms with Gasteiger partial charge in [-0.2, -0.15) is 0 Å². The first-order valence-corrected chi connectivity index (χ1v) is 7.51. The average molecular weight is 339 g/mol. The zero-order chi connectivity index (χ0) is 18.0. The molecule has 3 aromatic rings. The van der Waals surface area contributed by atoms with Gasteiger partial charge in [0, 0.05) is 17.3 Å². The number of aromatic amines is 1. The third-order valence-corrected chi connectivity index (χ3v) is 3.85. The molecule has 0 aliphatic rings. The van der Waals surface area contributed by atoms with E-state index in [0.717, 1.165) is 5.56 Å². The smallest absolute Gasteiger partial charge is 0.249 e. The second kappa shape index (κ2) is 6.60. The molecular formula is C19H17NO5. The predicted octanol–water partition coefficient (Wildman–Crippen LogP) is 3.14. The molecule has 25 heavy (non-hydrogen) atoms. The van der Waals surface area contributed by atoms with Gasteiger partial charge >= 0.3 is 0 Å². The van der Waals surface area contributed by atoms with Gasteiger partial charge < -0.3 is 24.7 Å². The molecule has 0 radical (unpaired) electrons. The van der Waals surface area contributed by atoms with Gasteiger partial charge in [0.15, 0.2) is 23.0 Å². The summed E-state index contributed by atoms with van der Waals surface area (Å²) in [5.74, 6) is 0.681. The number of pyridine rings is 1. The maximum Gasteiger partial charge on any atom is 0.249 e. The highest BCUT2D eigenvalue weighted by atomic mass is 16.5. The lowest BCUT2D eigenvalue weighted by molar-refractivity contribution is 0.355. The summed E-state index contributed by atoms with van der Waals surface area (Å²) in [4.78, 5) is 14.8. The quantitative estimate of drug-likeness (QED) is 0.635. The molecule has 2 aromatic carbocycles. The number of hydrogen-bond acceptors (Lipinski definition) is 5. The second-order valence-electron chi connectivity index (χ2n) is 5.42. The normalized spacial score (nSPS) is 10.5. The first kappa shape index (κ1) is 16.4. The monoisotopic (exact) mass is 339 g/mol. The molecule has 0 unspecified atom stereocenters. The SMILES string of the molecule is COc1ccc(-c2cc(-c3ccc(O)c(O)c3)cc(=O)[nH]2)cc1OC. The van der Waals surface area contributed by atoms with Crippen LogP contribution in [0.2, 0.25) is 0 Å². The average Bonchev–Trinajstić information content (AvgIpc) is 2.62. The van der Waals surface area contributed by atoms with Crippen molar-refractivity contribution in [3.8, 4) is 45.4 Å². The Hall–Kier alpha value is -3.41. The van der Waals surface area contributed by atoms with Crippen molar-refractivity contribution < 1.29 is 19.7 Å². The molecule has 1 heterocycles. The van der Waals surface area contributed by atoms with Crippen LogP contribution in [0.5, 0.6) is 23.0 Å². The Balaban J connectivity index is 2.11. The maximum atomic E-state index is 12.1. The van der Waals surface area contributed by atoms with Crippen LogP contribution in [0.1, 0.15) is 0 Å². The van der Waals surface area contributed by atoms with Crippen LogP contribution < -0.4 is 15.0 Å². The molecule has 0 fully saturated rings. The van der Waals surface area contributed by atoms with E-state index in [-0.39, 0.29) is 17.1 Å². The lowest BCUT2D eigenvalue weighted by Crippen LogP contribution is -2.06. The number of hydrogen-bond donors (Lipinski definition) is 3. The summed E-state index contributed by atoms with van der Waals surface area (Å²) in [6, 6.07) is 13.0. The minimum atomic E-state index is -0.283. The minimum Gasteiger partial charge on any atom is -0.504 e. The van der Waals surface area contributed by atoms with E-state index in [1.54, 1.807) is 38.5 Å². The number of phenols is 2. The summed E-state index contributed by atoms with van der Waals surface area (Å²) < 4.78 is 10.5. The molecule has 0 saturated heterocycles. The largest absolute Gasteiger partial charge is 0.504 e. The minimum absolute atomic E-state index is 0.214. The fourth-order valence-corrected chi connectivity index (χ4v) is 2.57. The van der Waals surface area contributed by atoms with E-state index in [4.69, 9.17) is 9.47 Å². The van der Waals surface area contributed by atoms with E-state index in [9.17, 15) is 15.0 Å². The Morgan fingerprint density at radius 3 is 2.16 bits per heavy atom. The number of methoxy groups -OCH3 is 2. The molecule has 0 amide bonds. The van der Waals surface area contributed by atoms with E-state index in [2.05, 4.69) is 4.98 Å². The van der Waals surface area contributed by atoms with Crippen LogP contribution >= 0.6 is 0 Å². The molecule has 1 aromatic heterocycles. The predicted molar refractivity (Wildman–Crippen MR) is 94.4 cm³/mol. The van der Waals surface area contributed by atoms with E-state index in [0.29, 0.717) is 28.3 Å². The Kier molecular flexibility index (Phi) is 4.35. The van der Waals surface area contributed by atoms with Gasteiger partial charge in [0.2, 0.25) is 5.56 Å². The zero-order valence-corrected chi connectivity index (χ0v) is 13.7. The summed E-state index contributed by atoms with van der Waals surface area (Å²) in [5, 5.41) is 19.1. The van der Waals surface area contributed by atoms with Crippen molar-refractivity contribution in [2.45, 2.75) is 0 Å². The number of phenolic OH excluding ortho intramolecular Hbond substituents is 2. The van der Waals surface area contributed by atoms with Gasteiger partial charge in [0.25, 0.3) is 0 Å². The Morgan fingerprint density at radius 2 is 1.48 bits per heavy atom. The summed E-state index contributed by atoms with van der Waals surface area (Å²) in [5.41, 5.74) is 2.29. The maximum absolute atomic E-state index is 12.1. The van der Waals surface area contributed by atoms with Gasteiger partial charge in [-0.3, -0.25) is 4.79 Å². The summed E-state index contributed by atoms with van der Waals surface area (Å²) in [7, 11) is 3.09. The second-order valence-corrected chi connectivity index (χ2v) is 5.42. The molecule has 6 nitrogen and oxygen atoms in total. The lowest BCUT2D eigenvalue weighted by atomic mass is 10.0. The zero-order valence-electron chi connectivity index (χ0n) is 13.7. The molecule has 128 valence electrons. The molecule has 3 rings (SSSR count). The molecule has 0 atom stereocenters. The van der Waals surface area contributed by atoms with Gasteiger partial charge in [-0.05, 0) is 47.5 Å². The van der Waals surface area contributed by atoms with Gasteiger partial charge in [0.05, 0.1) is 14.2 Å². The van der Waals surface area contributed by atoms with Crippen LogP contribution in [0.25, 0.3) is 22.4 Å². The topological polar surface area (TPSA) is 91.8 Å². The molecule has 0 spiro atoms. The van der Waals surface area contributed by atoms with Crippen molar-refractivity contribution in [1.29, 1.82) is 0 Å². The van der Waals surface area contributed by atoms with Gasteiger partial charge in [-0.15, -0.1) is 0 Å². The number of ether oxygens (including phenoxy) is 2. The number of benzene rings is 2. The van der Waals surface area contributed by atoms with Crippen LogP contribution in [0.4, 0.5) is 0 Å². The third kappa shape index (κ3) is 3.28. The van der Waals surface area contributed by atoms with Crippen molar-refractivity contribution in [3.63, 3.8) is 0 Å². The van der Waals surface area contributed by atoms with E-state index >= 15 is 0 Å². The third-order valence-electron chi connectivity index (χ3n) is 3.85.